The van der Waals surface area contributed by atoms with Crippen LogP contribution in [0.2, 0.25) is 5.02 Å². The predicted octanol–water partition coefficient (Wildman–Crippen LogP) is 3.57. The van der Waals surface area contributed by atoms with Crippen LogP contribution in [0.4, 0.5) is 0 Å². The second kappa shape index (κ2) is 7.52. The number of ether oxygens (including phenoxy) is 1. The maximum absolute atomic E-state index is 12.9. The molecule has 1 aliphatic rings. The second-order valence-electron chi connectivity index (χ2n) is 7.09. The predicted molar refractivity (Wildman–Crippen MR) is 105 cm³/mol. The monoisotopic (exact) mass is 407 g/mol. The molecule has 1 fully saturated rings. The van der Waals surface area contributed by atoms with Gasteiger partial charge in [0.25, 0.3) is 5.91 Å². The molecule has 3 rings (SSSR count). The molecule has 0 saturated carbocycles. The van der Waals surface area contributed by atoms with Crippen LogP contribution in [0.5, 0.6) is 5.75 Å². The van der Waals surface area contributed by atoms with Gasteiger partial charge in [-0.05, 0) is 56.7 Å². The molecule has 0 aliphatic carbocycles. The maximum atomic E-state index is 12.9. The second-order valence-corrected chi connectivity index (χ2v) is 9.75. The molecule has 0 aromatic heterocycles. The first-order valence-electron chi connectivity index (χ1n) is 8.73. The average Bonchev–Trinajstić information content (AvgIpc) is 3.14. The van der Waals surface area contributed by atoms with E-state index in [4.69, 9.17) is 16.3 Å². The maximum Gasteiger partial charge on any atom is 0.266 e. The van der Waals surface area contributed by atoms with Gasteiger partial charge < -0.3 is 9.64 Å². The van der Waals surface area contributed by atoms with Crippen molar-refractivity contribution in [2.45, 2.75) is 36.0 Å². The van der Waals surface area contributed by atoms with E-state index in [0.29, 0.717) is 28.6 Å². The number of sulfone groups is 1. The van der Waals surface area contributed by atoms with Gasteiger partial charge in [-0.2, -0.15) is 0 Å². The molecule has 1 amide bonds. The Morgan fingerprint density at radius 2 is 1.74 bits per heavy atom. The summed E-state index contributed by atoms with van der Waals surface area (Å²) in [5, 5.41) is -0.0184. The Morgan fingerprint density at radius 1 is 1.11 bits per heavy atom. The van der Waals surface area contributed by atoms with Crippen molar-refractivity contribution in [2.75, 3.05) is 13.1 Å². The number of benzene rings is 2. The van der Waals surface area contributed by atoms with Crippen molar-refractivity contribution in [1.29, 1.82) is 0 Å². The molecule has 2 aromatic rings. The molecule has 1 atom stereocenters. The number of amides is 1. The minimum absolute atomic E-state index is 0.170. The third-order valence-corrected chi connectivity index (χ3v) is 7.09. The van der Waals surface area contributed by atoms with Gasteiger partial charge in [0.15, 0.2) is 15.4 Å². The van der Waals surface area contributed by atoms with E-state index >= 15 is 0 Å². The first kappa shape index (κ1) is 19.7. The van der Waals surface area contributed by atoms with Crippen molar-refractivity contribution in [1.82, 2.24) is 4.90 Å². The van der Waals surface area contributed by atoms with Gasteiger partial charge in [0.1, 0.15) is 5.75 Å². The highest BCUT2D eigenvalue weighted by Gasteiger charge is 2.41. The summed E-state index contributed by atoms with van der Waals surface area (Å²) in [6.45, 7) is 3.93. The van der Waals surface area contributed by atoms with Crippen molar-refractivity contribution in [2.24, 2.45) is 0 Å². The smallest absolute Gasteiger partial charge is 0.266 e. The SMILES string of the molecule is CC(C)(Oc1ccc(Cl)cc1)C(=O)N1CC[C@@H](S(=O)(=O)c2ccccc2)C1. The van der Waals surface area contributed by atoms with Gasteiger partial charge in [-0.15, -0.1) is 0 Å². The average molecular weight is 408 g/mol. The lowest BCUT2D eigenvalue weighted by atomic mass is 10.1. The number of carbonyl (C=O) groups is 1. The van der Waals surface area contributed by atoms with Gasteiger partial charge in [-0.25, -0.2) is 8.42 Å². The number of rotatable bonds is 5. The molecule has 1 saturated heterocycles. The van der Waals surface area contributed by atoms with E-state index in [1.807, 2.05) is 0 Å². The van der Waals surface area contributed by atoms with Crippen LogP contribution >= 0.6 is 11.6 Å². The zero-order valence-corrected chi connectivity index (χ0v) is 16.8. The van der Waals surface area contributed by atoms with E-state index in [-0.39, 0.29) is 12.5 Å². The molecule has 27 heavy (non-hydrogen) atoms. The van der Waals surface area contributed by atoms with Crippen molar-refractivity contribution in [3.63, 3.8) is 0 Å². The van der Waals surface area contributed by atoms with E-state index < -0.39 is 20.7 Å². The molecule has 2 aromatic carbocycles. The van der Waals surface area contributed by atoms with E-state index in [2.05, 4.69) is 0 Å². The van der Waals surface area contributed by atoms with Crippen LogP contribution in [0.15, 0.2) is 59.5 Å². The number of carbonyl (C=O) groups excluding carboxylic acids is 1. The normalized spacial score (nSPS) is 17.7. The van der Waals surface area contributed by atoms with Gasteiger partial charge in [-0.1, -0.05) is 29.8 Å². The number of hydrogen-bond donors (Lipinski definition) is 0. The standard InChI is InChI=1S/C20H22ClNO4S/c1-20(2,26-16-10-8-15(21)9-11-16)19(23)22-13-12-18(14-22)27(24,25)17-6-4-3-5-7-17/h3-11,18H,12-14H2,1-2H3/t18-/m1/s1. The zero-order chi connectivity index (χ0) is 19.7. The summed E-state index contributed by atoms with van der Waals surface area (Å²) < 4.78 is 31.4. The van der Waals surface area contributed by atoms with Crippen LogP contribution < -0.4 is 4.74 Å². The number of nitrogens with zero attached hydrogens (tertiary/aromatic N) is 1. The Morgan fingerprint density at radius 3 is 2.37 bits per heavy atom. The third kappa shape index (κ3) is 4.28. The van der Waals surface area contributed by atoms with Crippen molar-refractivity contribution < 1.29 is 17.9 Å². The summed E-state index contributed by atoms with van der Waals surface area (Å²) in [5.41, 5.74) is -1.11. The molecule has 144 valence electrons. The Labute approximate surface area is 164 Å². The summed E-state index contributed by atoms with van der Waals surface area (Å²) in [4.78, 5) is 14.8. The van der Waals surface area contributed by atoms with E-state index in [1.54, 1.807) is 73.3 Å². The van der Waals surface area contributed by atoms with Crippen molar-refractivity contribution in [3.8, 4) is 5.75 Å². The topological polar surface area (TPSA) is 63.7 Å². The van der Waals surface area contributed by atoms with Crippen LogP contribution in [0, 0.1) is 0 Å². The summed E-state index contributed by atoms with van der Waals surface area (Å²) in [6, 6.07) is 15.1. The number of likely N-dealkylation sites (tertiary alicyclic amines) is 1. The van der Waals surface area contributed by atoms with Gasteiger partial charge in [0.05, 0.1) is 10.1 Å². The summed E-state index contributed by atoms with van der Waals surface area (Å²) in [6.07, 6.45) is 0.417. The lowest BCUT2D eigenvalue weighted by Crippen LogP contribution is -2.48. The highest BCUT2D eigenvalue weighted by molar-refractivity contribution is 7.92. The highest BCUT2D eigenvalue weighted by atomic mass is 35.5. The Balaban J connectivity index is 1.70. The van der Waals surface area contributed by atoms with E-state index in [0.717, 1.165) is 0 Å². The highest BCUT2D eigenvalue weighted by Crippen LogP contribution is 2.27. The van der Waals surface area contributed by atoms with Crippen LogP contribution in [-0.2, 0) is 14.6 Å². The largest absolute Gasteiger partial charge is 0.478 e. The Bertz CT molecular complexity index is 911. The van der Waals surface area contributed by atoms with Crippen LogP contribution in [-0.4, -0.2) is 43.2 Å². The molecule has 0 radical (unpaired) electrons. The van der Waals surface area contributed by atoms with E-state index in [1.165, 1.54) is 0 Å². The molecule has 0 N–H and O–H groups in total. The lowest BCUT2D eigenvalue weighted by molar-refractivity contribution is -0.144. The van der Waals surface area contributed by atoms with Gasteiger partial charge in [-0.3, -0.25) is 4.79 Å². The summed E-state index contributed by atoms with van der Waals surface area (Å²) in [5.74, 6) is 0.300. The van der Waals surface area contributed by atoms with Gasteiger partial charge >= 0.3 is 0 Å². The molecule has 1 aliphatic heterocycles. The fourth-order valence-corrected chi connectivity index (χ4v) is 5.03. The molecule has 5 nitrogen and oxygen atoms in total. The molecule has 1 heterocycles. The third-order valence-electron chi connectivity index (χ3n) is 4.64. The van der Waals surface area contributed by atoms with Crippen LogP contribution in [0.1, 0.15) is 20.3 Å². The van der Waals surface area contributed by atoms with E-state index in [9.17, 15) is 13.2 Å². The van der Waals surface area contributed by atoms with Crippen molar-refractivity contribution >= 4 is 27.3 Å². The van der Waals surface area contributed by atoms with Crippen LogP contribution in [0.3, 0.4) is 0 Å². The molecule has 0 spiro atoms. The molecular formula is C20H22ClNO4S. The number of hydrogen-bond acceptors (Lipinski definition) is 4. The lowest BCUT2D eigenvalue weighted by Gasteiger charge is -2.30. The Hall–Kier alpha value is -2.05. The van der Waals surface area contributed by atoms with Gasteiger partial charge in [0, 0.05) is 18.1 Å². The Kier molecular flexibility index (Phi) is 5.49. The molecule has 0 unspecified atom stereocenters. The number of halogens is 1. The zero-order valence-electron chi connectivity index (χ0n) is 15.3. The first-order valence-corrected chi connectivity index (χ1v) is 10.7. The van der Waals surface area contributed by atoms with Crippen molar-refractivity contribution in [3.05, 3.63) is 59.6 Å². The minimum Gasteiger partial charge on any atom is -0.478 e. The molecule has 0 bridgehead atoms. The fourth-order valence-electron chi connectivity index (χ4n) is 3.19. The quantitative estimate of drug-likeness (QED) is 0.760. The van der Waals surface area contributed by atoms with Gasteiger partial charge in [0.2, 0.25) is 0 Å². The molecular weight excluding hydrogens is 386 g/mol. The fraction of sp³-hybridized carbons (Fsp3) is 0.350. The first-order chi connectivity index (χ1) is 12.7. The van der Waals surface area contributed by atoms with Crippen LogP contribution in [0.25, 0.3) is 0 Å². The summed E-state index contributed by atoms with van der Waals surface area (Å²) in [7, 11) is -3.46. The minimum atomic E-state index is -3.46. The summed E-state index contributed by atoms with van der Waals surface area (Å²) >= 11 is 5.87. The molecule has 7 heteroatoms.